The zero-order chi connectivity index (χ0) is 15.5. The van der Waals surface area contributed by atoms with E-state index in [1.54, 1.807) is 0 Å². The number of amides is 1. The van der Waals surface area contributed by atoms with Crippen molar-refractivity contribution in [3.05, 3.63) is 35.9 Å². The largest absolute Gasteiger partial charge is 0.368 e. The number of nitrogens with zero attached hydrogens (tertiary/aromatic N) is 1. The predicted molar refractivity (Wildman–Crippen MR) is 85.8 cm³/mol. The number of hydrogen-bond donors (Lipinski definition) is 2. The second-order valence-electron chi connectivity index (χ2n) is 6.16. The molecule has 21 heavy (non-hydrogen) atoms. The predicted octanol–water partition coefficient (Wildman–Crippen LogP) is 1.71. The van der Waals surface area contributed by atoms with Crippen LogP contribution >= 0.6 is 0 Å². The molecular formula is C17H27N3O. The fourth-order valence-corrected chi connectivity index (χ4v) is 3.04. The Balaban J connectivity index is 2.28. The van der Waals surface area contributed by atoms with Gasteiger partial charge in [-0.25, -0.2) is 0 Å². The first-order chi connectivity index (χ1) is 10.0. The van der Waals surface area contributed by atoms with E-state index in [4.69, 9.17) is 5.73 Å². The van der Waals surface area contributed by atoms with Crippen molar-refractivity contribution >= 4 is 5.91 Å². The molecule has 1 aromatic carbocycles. The lowest BCUT2D eigenvalue weighted by molar-refractivity contribution is -0.125. The maximum absolute atomic E-state index is 12.3. The Morgan fingerprint density at radius 3 is 2.52 bits per heavy atom. The molecule has 0 radical (unpaired) electrons. The molecule has 1 amide bonds. The summed E-state index contributed by atoms with van der Waals surface area (Å²) < 4.78 is 0. The number of carbonyl (C=O) groups excluding carboxylic acids is 1. The molecular weight excluding hydrogens is 262 g/mol. The highest BCUT2D eigenvalue weighted by Crippen LogP contribution is 2.35. The molecule has 2 unspecified atom stereocenters. The Bertz CT molecular complexity index is 472. The molecule has 0 aromatic heterocycles. The van der Waals surface area contributed by atoms with E-state index in [1.165, 1.54) is 12.8 Å². The number of primary amides is 1. The minimum absolute atomic E-state index is 0.314. The van der Waals surface area contributed by atoms with Gasteiger partial charge in [0.25, 0.3) is 0 Å². The maximum Gasteiger partial charge on any atom is 0.243 e. The van der Waals surface area contributed by atoms with Crippen LogP contribution in [-0.2, 0) is 10.3 Å². The number of likely N-dealkylation sites (N-methyl/N-ethyl adjacent to an activating group) is 2. The number of rotatable bonds is 8. The van der Waals surface area contributed by atoms with Gasteiger partial charge in [0.2, 0.25) is 5.91 Å². The van der Waals surface area contributed by atoms with Gasteiger partial charge in [0.1, 0.15) is 5.54 Å². The van der Waals surface area contributed by atoms with Gasteiger partial charge in [-0.15, -0.1) is 0 Å². The fraction of sp³-hybridized carbons (Fsp3) is 0.588. The highest BCUT2D eigenvalue weighted by atomic mass is 16.1. The van der Waals surface area contributed by atoms with Crippen molar-refractivity contribution in [3.8, 4) is 0 Å². The molecule has 0 saturated heterocycles. The summed E-state index contributed by atoms with van der Waals surface area (Å²) in [5, 5.41) is 3.34. The first-order valence-electron chi connectivity index (χ1n) is 7.82. The summed E-state index contributed by atoms with van der Waals surface area (Å²) >= 11 is 0. The third-order valence-corrected chi connectivity index (χ3v) is 4.65. The van der Waals surface area contributed by atoms with Gasteiger partial charge in [-0.05, 0) is 44.8 Å². The zero-order valence-electron chi connectivity index (χ0n) is 13.3. The van der Waals surface area contributed by atoms with Crippen LogP contribution < -0.4 is 11.1 Å². The van der Waals surface area contributed by atoms with Crippen LogP contribution in [0.15, 0.2) is 30.3 Å². The van der Waals surface area contributed by atoms with Crippen LogP contribution in [-0.4, -0.2) is 37.0 Å². The maximum atomic E-state index is 12.3. The lowest BCUT2D eigenvalue weighted by Crippen LogP contribution is -2.59. The van der Waals surface area contributed by atoms with Crippen molar-refractivity contribution in [1.82, 2.24) is 10.2 Å². The normalized spacial score (nSPS) is 19.2. The lowest BCUT2D eigenvalue weighted by atomic mass is 9.87. The van der Waals surface area contributed by atoms with Crippen molar-refractivity contribution in [2.24, 2.45) is 11.7 Å². The molecule has 2 atom stereocenters. The molecule has 3 N–H and O–H groups in total. The average Bonchev–Trinajstić information content (AvgIpc) is 3.31. The van der Waals surface area contributed by atoms with E-state index < -0.39 is 5.54 Å². The highest BCUT2D eigenvalue weighted by molar-refractivity contribution is 5.86. The minimum Gasteiger partial charge on any atom is -0.368 e. The number of benzene rings is 1. The van der Waals surface area contributed by atoms with Gasteiger partial charge in [0, 0.05) is 12.6 Å². The minimum atomic E-state index is -0.825. The molecule has 1 saturated carbocycles. The summed E-state index contributed by atoms with van der Waals surface area (Å²) in [4.78, 5) is 14.6. The molecule has 1 aliphatic rings. The molecule has 1 fully saturated rings. The molecule has 0 bridgehead atoms. The van der Waals surface area contributed by atoms with E-state index >= 15 is 0 Å². The molecule has 1 aliphatic carbocycles. The summed E-state index contributed by atoms with van der Waals surface area (Å²) in [5.74, 6) is 0.448. The number of nitrogens with two attached hydrogens (primary N) is 1. The SMILES string of the molecule is CCNC(CN(C)C(C)C1CC1)(C(N)=O)c1ccccc1. The van der Waals surface area contributed by atoms with Crippen LogP contribution in [0.1, 0.15) is 32.3 Å². The van der Waals surface area contributed by atoms with Gasteiger partial charge in [0.15, 0.2) is 0 Å². The molecule has 4 nitrogen and oxygen atoms in total. The summed E-state index contributed by atoms with van der Waals surface area (Å²) in [5.41, 5.74) is 5.92. The van der Waals surface area contributed by atoms with E-state index in [0.29, 0.717) is 19.1 Å². The Labute approximate surface area is 127 Å². The standard InChI is InChI=1S/C17H27N3O/c1-4-19-17(16(18)21,15-8-6-5-7-9-15)12-20(3)13(2)14-10-11-14/h5-9,13-14,19H,4,10-12H2,1-3H3,(H2,18,21). The first-order valence-corrected chi connectivity index (χ1v) is 7.82. The summed E-state index contributed by atoms with van der Waals surface area (Å²) in [6.07, 6.45) is 2.59. The molecule has 0 spiro atoms. The summed E-state index contributed by atoms with van der Waals surface area (Å²) in [6.45, 7) is 5.53. The molecule has 0 aliphatic heterocycles. The Morgan fingerprint density at radius 1 is 1.43 bits per heavy atom. The average molecular weight is 289 g/mol. The smallest absolute Gasteiger partial charge is 0.243 e. The molecule has 1 aromatic rings. The fourth-order valence-electron chi connectivity index (χ4n) is 3.04. The van der Waals surface area contributed by atoms with Gasteiger partial charge >= 0.3 is 0 Å². The highest BCUT2D eigenvalue weighted by Gasteiger charge is 2.41. The second-order valence-corrected chi connectivity index (χ2v) is 6.16. The van der Waals surface area contributed by atoms with Gasteiger partial charge in [-0.2, -0.15) is 0 Å². The first kappa shape index (κ1) is 16.0. The zero-order valence-corrected chi connectivity index (χ0v) is 13.3. The van der Waals surface area contributed by atoms with Crippen LogP contribution in [0.3, 0.4) is 0 Å². The second kappa shape index (κ2) is 6.58. The van der Waals surface area contributed by atoms with Gasteiger partial charge in [-0.1, -0.05) is 37.3 Å². The van der Waals surface area contributed by atoms with E-state index in [-0.39, 0.29) is 5.91 Å². The lowest BCUT2D eigenvalue weighted by Gasteiger charge is -2.38. The van der Waals surface area contributed by atoms with Crippen molar-refractivity contribution < 1.29 is 4.79 Å². The summed E-state index contributed by atoms with van der Waals surface area (Å²) in [6, 6.07) is 10.3. The van der Waals surface area contributed by atoms with Crippen LogP contribution in [0.5, 0.6) is 0 Å². The van der Waals surface area contributed by atoms with Crippen LogP contribution in [0.25, 0.3) is 0 Å². The van der Waals surface area contributed by atoms with Crippen LogP contribution in [0, 0.1) is 5.92 Å². The third-order valence-electron chi connectivity index (χ3n) is 4.65. The van der Waals surface area contributed by atoms with E-state index in [1.807, 2.05) is 37.3 Å². The summed E-state index contributed by atoms with van der Waals surface area (Å²) in [7, 11) is 2.08. The van der Waals surface area contributed by atoms with Gasteiger partial charge < -0.3 is 10.6 Å². The quantitative estimate of drug-likeness (QED) is 0.766. The number of hydrogen-bond acceptors (Lipinski definition) is 3. The Kier molecular flexibility index (Phi) is 5.01. The van der Waals surface area contributed by atoms with Gasteiger partial charge in [-0.3, -0.25) is 10.1 Å². The van der Waals surface area contributed by atoms with E-state index in [2.05, 4.69) is 24.2 Å². The Morgan fingerprint density at radius 2 is 2.05 bits per heavy atom. The Hall–Kier alpha value is -1.39. The molecule has 116 valence electrons. The topological polar surface area (TPSA) is 58.4 Å². The van der Waals surface area contributed by atoms with Crippen LogP contribution in [0.2, 0.25) is 0 Å². The number of carbonyl (C=O) groups is 1. The van der Waals surface area contributed by atoms with Crippen LogP contribution in [0.4, 0.5) is 0 Å². The van der Waals surface area contributed by atoms with Crippen molar-refractivity contribution in [2.45, 2.75) is 38.3 Å². The third kappa shape index (κ3) is 3.44. The molecule has 0 heterocycles. The van der Waals surface area contributed by atoms with Crippen molar-refractivity contribution in [2.75, 3.05) is 20.1 Å². The van der Waals surface area contributed by atoms with Gasteiger partial charge in [0.05, 0.1) is 0 Å². The van der Waals surface area contributed by atoms with Crippen molar-refractivity contribution in [3.63, 3.8) is 0 Å². The monoisotopic (exact) mass is 289 g/mol. The molecule has 2 rings (SSSR count). The molecule has 4 heteroatoms. The van der Waals surface area contributed by atoms with E-state index in [0.717, 1.165) is 11.5 Å². The van der Waals surface area contributed by atoms with E-state index in [9.17, 15) is 4.79 Å². The number of nitrogens with one attached hydrogen (secondary N) is 1. The van der Waals surface area contributed by atoms with Crippen molar-refractivity contribution in [1.29, 1.82) is 0 Å².